The van der Waals surface area contributed by atoms with Crippen LogP contribution in [-0.4, -0.2) is 53.9 Å². The van der Waals surface area contributed by atoms with Crippen LogP contribution in [0.15, 0.2) is 43.1 Å². The fourth-order valence-corrected chi connectivity index (χ4v) is 2.80. The van der Waals surface area contributed by atoms with E-state index in [-0.39, 0.29) is 12.6 Å². The van der Waals surface area contributed by atoms with Gasteiger partial charge in [-0.25, -0.2) is 4.79 Å². The third-order valence-electron chi connectivity index (χ3n) is 4.04. The van der Waals surface area contributed by atoms with Gasteiger partial charge in [-0.3, -0.25) is 14.3 Å². The Balaban J connectivity index is 2.39. The molecule has 0 aliphatic carbocycles. The van der Waals surface area contributed by atoms with E-state index in [2.05, 4.69) is 6.58 Å². The molecule has 0 N–H and O–H groups in total. The number of hydrogen-bond acceptors (Lipinski definition) is 5. The molecule has 0 saturated carbocycles. The second-order valence-corrected chi connectivity index (χ2v) is 7.62. The van der Waals surface area contributed by atoms with Crippen molar-refractivity contribution in [3.63, 3.8) is 0 Å². The zero-order chi connectivity index (χ0) is 20.2. The van der Waals surface area contributed by atoms with Crippen LogP contribution >= 0.6 is 0 Å². The molecule has 27 heavy (non-hydrogen) atoms. The van der Waals surface area contributed by atoms with Gasteiger partial charge in [0.15, 0.2) is 0 Å². The van der Waals surface area contributed by atoms with Gasteiger partial charge in [0.2, 0.25) is 0 Å². The van der Waals surface area contributed by atoms with Gasteiger partial charge in [-0.15, -0.1) is 0 Å². The number of benzene rings is 1. The maximum Gasteiger partial charge on any atom is 0.419 e. The zero-order valence-corrected chi connectivity index (χ0v) is 16.7. The van der Waals surface area contributed by atoms with Crippen molar-refractivity contribution in [2.45, 2.75) is 38.8 Å². The van der Waals surface area contributed by atoms with E-state index in [9.17, 15) is 9.59 Å². The Bertz CT molecular complexity index is 830. The highest BCUT2D eigenvalue weighted by Crippen LogP contribution is 2.25. The molecule has 0 bridgehead atoms. The van der Waals surface area contributed by atoms with Crippen LogP contribution in [0.1, 0.15) is 26.3 Å². The summed E-state index contributed by atoms with van der Waals surface area (Å²) in [7, 11) is 3.65. The molecular weight excluding hydrogens is 344 g/mol. The van der Waals surface area contributed by atoms with Gasteiger partial charge in [0.25, 0.3) is 0 Å². The maximum absolute atomic E-state index is 12.6. The van der Waals surface area contributed by atoms with E-state index in [0.717, 1.165) is 16.5 Å². The van der Waals surface area contributed by atoms with Crippen LogP contribution in [-0.2, 0) is 20.7 Å². The van der Waals surface area contributed by atoms with Crippen molar-refractivity contribution in [3.8, 4) is 0 Å². The summed E-state index contributed by atoms with van der Waals surface area (Å²) in [5.74, 6) is -0.325. The van der Waals surface area contributed by atoms with Crippen molar-refractivity contribution in [1.82, 2.24) is 9.47 Å². The van der Waals surface area contributed by atoms with Crippen molar-refractivity contribution in [3.05, 3.63) is 48.7 Å². The molecule has 0 fully saturated rings. The molecule has 0 aliphatic rings. The number of esters is 1. The van der Waals surface area contributed by atoms with Gasteiger partial charge >= 0.3 is 12.1 Å². The summed E-state index contributed by atoms with van der Waals surface area (Å²) in [5, 5.41) is 0.909. The summed E-state index contributed by atoms with van der Waals surface area (Å²) in [6.07, 6.45) is 3.26. The minimum Gasteiger partial charge on any atom is -0.460 e. The number of carbonyl (C=O) groups excluding carboxylic acids is 2. The number of aromatic nitrogens is 1. The highest BCUT2D eigenvalue weighted by atomic mass is 16.6. The van der Waals surface area contributed by atoms with Crippen LogP contribution in [0.4, 0.5) is 4.79 Å². The smallest absolute Gasteiger partial charge is 0.419 e. The van der Waals surface area contributed by atoms with Gasteiger partial charge in [-0.1, -0.05) is 30.9 Å². The molecule has 1 aromatic carbocycles. The van der Waals surface area contributed by atoms with Crippen LogP contribution in [0.25, 0.3) is 10.9 Å². The quantitative estimate of drug-likeness (QED) is 0.572. The first-order chi connectivity index (χ1) is 12.6. The third kappa shape index (κ3) is 5.20. The fraction of sp³-hybridized carbons (Fsp3) is 0.429. The molecule has 6 nitrogen and oxygen atoms in total. The SMILES string of the molecule is C=CCOC(=O)[C@H](Cc1cn(C(=O)OC(C)(C)C)c2ccccc12)N(C)C. The Morgan fingerprint density at radius 2 is 1.93 bits per heavy atom. The van der Waals surface area contributed by atoms with Crippen molar-refractivity contribution >= 4 is 23.0 Å². The lowest BCUT2D eigenvalue weighted by atomic mass is 10.0. The van der Waals surface area contributed by atoms with Gasteiger partial charge in [-0.05, 0) is 46.5 Å². The second kappa shape index (κ2) is 8.39. The lowest BCUT2D eigenvalue weighted by Gasteiger charge is -2.22. The highest BCUT2D eigenvalue weighted by Gasteiger charge is 2.26. The van der Waals surface area contributed by atoms with Crippen molar-refractivity contribution < 1.29 is 19.1 Å². The number of hydrogen-bond donors (Lipinski definition) is 0. The Labute approximate surface area is 160 Å². The molecule has 1 aromatic heterocycles. The number of nitrogens with zero attached hydrogens (tertiary/aromatic N) is 2. The van der Waals surface area contributed by atoms with Crippen molar-refractivity contribution in [2.24, 2.45) is 0 Å². The van der Waals surface area contributed by atoms with Crippen LogP contribution in [0.5, 0.6) is 0 Å². The van der Waals surface area contributed by atoms with Crippen LogP contribution in [0, 0.1) is 0 Å². The van der Waals surface area contributed by atoms with Crippen LogP contribution < -0.4 is 0 Å². The molecule has 0 unspecified atom stereocenters. The molecule has 0 amide bonds. The van der Waals surface area contributed by atoms with E-state index in [1.54, 1.807) is 12.3 Å². The minimum atomic E-state index is -0.594. The second-order valence-electron chi connectivity index (χ2n) is 7.62. The molecule has 6 heteroatoms. The Hall–Kier alpha value is -2.60. The van der Waals surface area contributed by atoms with E-state index in [0.29, 0.717) is 6.42 Å². The Morgan fingerprint density at radius 1 is 1.26 bits per heavy atom. The molecule has 1 atom stereocenters. The van der Waals surface area contributed by atoms with E-state index in [1.165, 1.54) is 4.57 Å². The van der Waals surface area contributed by atoms with Crippen LogP contribution in [0.3, 0.4) is 0 Å². The van der Waals surface area contributed by atoms with E-state index >= 15 is 0 Å². The normalized spacial score (nSPS) is 12.8. The molecular formula is C21H28N2O4. The van der Waals surface area contributed by atoms with E-state index in [1.807, 2.05) is 64.0 Å². The lowest BCUT2D eigenvalue weighted by molar-refractivity contribution is -0.147. The zero-order valence-electron chi connectivity index (χ0n) is 16.7. The predicted molar refractivity (Wildman–Crippen MR) is 106 cm³/mol. The van der Waals surface area contributed by atoms with Crippen molar-refractivity contribution in [1.29, 1.82) is 0 Å². The highest BCUT2D eigenvalue weighted by molar-refractivity contribution is 5.92. The first-order valence-corrected chi connectivity index (χ1v) is 8.90. The standard InChI is InChI=1S/C21H28N2O4/c1-7-12-26-19(24)18(22(5)6)13-15-14-23(20(25)27-21(2,3)4)17-11-9-8-10-16(15)17/h7-11,14,18H,1,12-13H2,2-6H3/t18-/m0/s1. The molecule has 2 aromatic rings. The van der Waals surface area contributed by atoms with Gasteiger partial charge in [0, 0.05) is 18.0 Å². The number of ether oxygens (including phenoxy) is 2. The summed E-state index contributed by atoms with van der Waals surface area (Å²) in [4.78, 5) is 26.8. The number of fused-ring (bicyclic) bond motifs is 1. The average molecular weight is 372 g/mol. The van der Waals surface area contributed by atoms with E-state index < -0.39 is 17.7 Å². The molecule has 0 aliphatic heterocycles. The van der Waals surface area contributed by atoms with E-state index in [4.69, 9.17) is 9.47 Å². The summed E-state index contributed by atoms with van der Waals surface area (Å²) in [5.41, 5.74) is 1.04. The first kappa shape index (κ1) is 20.7. The molecule has 0 radical (unpaired) electrons. The fourth-order valence-electron chi connectivity index (χ4n) is 2.80. The first-order valence-electron chi connectivity index (χ1n) is 8.90. The summed E-state index contributed by atoms with van der Waals surface area (Å²) in [6, 6.07) is 7.11. The summed E-state index contributed by atoms with van der Waals surface area (Å²) < 4.78 is 12.2. The molecule has 2 rings (SSSR count). The number of likely N-dealkylation sites (N-methyl/N-ethyl adjacent to an activating group) is 1. The topological polar surface area (TPSA) is 60.8 Å². The van der Waals surface area contributed by atoms with Gasteiger partial charge in [0.1, 0.15) is 18.2 Å². The number of para-hydroxylation sites is 1. The Kier molecular flexibility index (Phi) is 6.44. The van der Waals surface area contributed by atoms with Gasteiger partial charge in [0.05, 0.1) is 5.52 Å². The predicted octanol–water partition coefficient (Wildman–Crippen LogP) is 3.63. The lowest BCUT2D eigenvalue weighted by Crippen LogP contribution is -2.39. The summed E-state index contributed by atoms with van der Waals surface area (Å²) in [6.45, 7) is 9.22. The number of rotatable bonds is 6. The largest absolute Gasteiger partial charge is 0.460 e. The molecule has 146 valence electrons. The molecule has 0 spiro atoms. The summed E-state index contributed by atoms with van der Waals surface area (Å²) >= 11 is 0. The third-order valence-corrected chi connectivity index (χ3v) is 4.04. The molecule has 0 saturated heterocycles. The monoisotopic (exact) mass is 372 g/mol. The average Bonchev–Trinajstić information content (AvgIpc) is 2.94. The number of carbonyl (C=O) groups is 2. The minimum absolute atomic E-state index is 0.169. The maximum atomic E-state index is 12.6. The van der Waals surface area contributed by atoms with Crippen molar-refractivity contribution in [2.75, 3.05) is 20.7 Å². The molecule has 1 heterocycles. The van der Waals surface area contributed by atoms with Crippen LogP contribution in [0.2, 0.25) is 0 Å². The van der Waals surface area contributed by atoms with Gasteiger partial charge < -0.3 is 9.47 Å². The Morgan fingerprint density at radius 3 is 2.52 bits per heavy atom. The van der Waals surface area contributed by atoms with Gasteiger partial charge in [-0.2, -0.15) is 0 Å².